The molecule has 1 atom stereocenters. The number of aromatic amines is 1. The van der Waals surface area contributed by atoms with Gasteiger partial charge in [-0.15, -0.1) is 0 Å². The summed E-state index contributed by atoms with van der Waals surface area (Å²) in [5, 5.41) is 16.1. The number of ether oxygens (including phenoxy) is 1. The number of hydrogen-bond acceptors (Lipinski definition) is 5. The molecule has 0 spiro atoms. The summed E-state index contributed by atoms with van der Waals surface area (Å²) in [6, 6.07) is 6.21. The molecular formula is C18H19FN6OS. The average molecular weight is 386 g/mol. The number of nitrogens with zero attached hydrogens (tertiary/aromatic N) is 5. The Bertz CT molecular complexity index is 1040. The first kappa shape index (κ1) is 17.7. The highest BCUT2D eigenvalue weighted by Crippen LogP contribution is 2.27. The fourth-order valence-corrected chi connectivity index (χ4v) is 3.38. The van der Waals surface area contributed by atoms with Crippen LogP contribution in [0.4, 0.5) is 4.39 Å². The maximum atomic E-state index is 13.2. The van der Waals surface area contributed by atoms with E-state index in [0.717, 1.165) is 42.1 Å². The molecule has 1 aliphatic rings. The number of rotatable bonds is 4. The minimum atomic E-state index is -0.280. The maximum Gasteiger partial charge on any atom is 0.216 e. The summed E-state index contributed by atoms with van der Waals surface area (Å²) in [5.41, 5.74) is 3.38. The number of nitrogens with one attached hydrogen (secondary N) is 1. The highest BCUT2D eigenvalue weighted by Gasteiger charge is 2.23. The van der Waals surface area contributed by atoms with Crippen LogP contribution in [0.25, 0.3) is 5.69 Å². The summed E-state index contributed by atoms with van der Waals surface area (Å²) in [6.07, 6.45) is 3.52. The van der Waals surface area contributed by atoms with Crippen LogP contribution in [0, 0.1) is 24.4 Å². The van der Waals surface area contributed by atoms with Crippen LogP contribution in [-0.2, 0) is 4.74 Å². The third-order valence-corrected chi connectivity index (χ3v) is 4.88. The molecular weight excluding hydrogens is 367 g/mol. The Balaban J connectivity index is 1.69. The molecule has 1 aliphatic heterocycles. The Hall–Kier alpha value is -2.65. The lowest BCUT2D eigenvalue weighted by Gasteiger charge is -2.07. The molecule has 4 rings (SSSR count). The van der Waals surface area contributed by atoms with E-state index >= 15 is 0 Å². The van der Waals surface area contributed by atoms with Gasteiger partial charge in [-0.25, -0.2) is 9.07 Å². The van der Waals surface area contributed by atoms with Crippen molar-refractivity contribution in [1.29, 1.82) is 0 Å². The minimum absolute atomic E-state index is 0.0979. The van der Waals surface area contributed by atoms with Crippen molar-refractivity contribution in [3.8, 4) is 5.69 Å². The van der Waals surface area contributed by atoms with Gasteiger partial charge < -0.3 is 4.74 Å². The van der Waals surface area contributed by atoms with Gasteiger partial charge in [-0.3, -0.25) is 5.10 Å². The van der Waals surface area contributed by atoms with Crippen molar-refractivity contribution in [2.75, 3.05) is 6.61 Å². The first-order chi connectivity index (χ1) is 13.0. The topological polar surface area (TPSA) is 73.0 Å². The molecule has 1 saturated heterocycles. The Morgan fingerprint density at radius 3 is 2.81 bits per heavy atom. The number of halogens is 1. The van der Waals surface area contributed by atoms with Gasteiger partial charge in [0.15, 0.2) is 5.82 Å². The van der Waals surface area contributed by atoms with Gasteiger partial charge >= 0.3 is 0 Å². The molecule has 3 heterocycles. The highest BCUT2D eigenvalue weighted by atomic mass is 32.1. The summed E-state index contributed by atoms with van der Waals surface area (Å²) in [7, 11) is 0. The molecule has 0 radical (unpaired) electrons. The second-order valence-corrected chi connectivity index (χ2v) is 6.80. The molecule has 0 amide bonds. The normalized spacial score (nSPS) is 17.2. The molecule has 1 N–H and O–H groups in total. The van der Waals surface area contributed by atoms with Crippen LogP contribution in [0.3, 0.4) is 0 Å². The lowest BCUT2D eigenvalue weighted by Crippen LogP contribution is -2.05. The van der Waals surface area contributed by atoms with E-state index < -0.39 is 0 Å². The lowest BCUT2D eigenvalue weighted by molar-refractivity contribution is 0.102. The van der Waals surface area contributed by atoms with Crippen LogP contribution < -0.4 is 0 Å². The van der Waals surface area contributed by atoms with E-state index in [4.69, 9.17) is 17.0 Å². The molecule has 1 aromatic carbocycles. The average Bonchev–Trinajstić information content (AvgIpc) is 3.36. The second-order valence-electron chi connectivity index (χ2n) is 6.42. The summed E-state index contributed by atoms with van der Waals surface area (Å²) in [6.45, 7) is 4.57. The van der Waals surface area contributed by atoms with Crippen LogP contribution in [-0.4, -0.2) is 37.5 Å². The predicted octanol–water partition coefficient (Wildman–Crippen LogP) is 3.62. The molecule has 0 bridgehead atoms. The van der Waals surface area contributed by atoms with E-state index in [1.165, 1.54) is 12.1 Å². The van der Waals surface area contributed by atoms with Crippen molar-refractivity contribution >= 4 is 18.4 Å². The monoisotopic (exact) mass is 386 g/mol. The standard InChI is InChI=1S/C18H19FN6OS/c1-11-15(12(2)24(23-11)14-7-5-13(19)6-8-14)10-20-25-17(21-22-18(25)27)16-4-3-9-26-16/h5-8,10,16H,3-4,9H2,1-2H3,(H,22,27)/b20-10-/t16-/m0/s1. The summed E-state index contributed by atoms with van der Waals surface area (Å²) in [4.78, 5) is 0. The summed E-state index contributed by atoms with van der Waals surface area (Å²) >= 11 is 5.30. The quantitative estimate of drug-likeness (QED) is 0.549. The first-order valence-corrected chi connectivity index (χ1v) is 9.11. The fraction of sp³-hybridized carbons (Fsp3) is 0.333. The van der Waals surface area contributed by atoms with Gasteiger partial charge in [0.2, 0.25) is 4.77 Å². The van der Waals surface area contributed by atoms with Gasteiger partial charge in [0, 0.05) is 12.2 Å². The van der Waals surface area contributed by atoms with Gasteiger partial charge in [0.1, 0.15) is 11.9 Å². The molecule has 9 heteroatoms. The largest absolute Gasteiger partial charge is 0.370 e. The molecule has 27 heavy (non-hydrogen) atoms. The zero-order valence-electron chi connectivity index (χ0n) is 15.0. The Morgan fingerprint density at radius 2 is 2.11 bits per heavy atom. The molecule has 2 aromatic heterocycles. The van der Waals surface area contributed by atoms with Crippen molar-refractivity contribution in [2.45, 2.75) is 32.8 Å². The van der Waals surface area contributed by atoms with Crippen molar-refractivity contribution in [2.24, 2.45) is 5.10 Å². The van der Waals surface area contributed by atoms with Gasteiger partial charge in [0.25, 0.3) is 0 Å². The van der Waals surface area contributed by atoms with Gasteiger partial charge in [-0.05, 0) is 63.2 Å². The third kappa shape index (κ3) is 3.35. The summed E-state index contributed by atoms with van der Waals surface area (Å²) in [5.74, 6) is 0.396. The van der Waals surface area contributed by atoms with E-state index in [1.54, 1.807) is 27.7 Å². The number of hydrogen-bond donors (Lipinski definition) is 1. The van der Waals surface area contributed by atoms with Crippen molar-refractivity contribution < 1.29 is 9.13 Å². The summed E-state index contributed by atoms with van der Waals surface area (Å²) < 4.78 is 22.7. The Kier molecular flexibility index (Phi) is 4.71. The van der Waals surface area contributed by atoms with Crippen LogP contribution in [0.2, 0.25) is 0 Å². The zero-order valence-corrected chi connectivity index (χ0v) is 15.8. The molecule has 0 saturated carbocycles. The minimum Gasteiger partial charge on any atom is -0.370 e. The zero-order chi connectivity index (χ0) is 19.0. The molecule has 3 aromatic rings. The highest BCUT2D eigenvalue weighted by molar-refractivity contribution is 7.71. The molecule has 0 unspecified atom stereocenters. The Morgan fingerprint density at radius 1 is 1.33 bits per heavy atom. The SMILES string of the molecule is Cc1nn(-c2ccc(F)cc2)c(C)c1/C=N\n1c([C@@H]2CCCO2)n[nH]c1=S. The molecule has 7 nitrogen and oxygen atoms in total. The third-order valence-electron chi connectivity index (χ3n) is 4.61. The van der Waals surface area contributed by atoms with Crippen LogP contribution >= 0.6 is 12.2 Å². The van der Waals surface area contributed by atoms with E-state index in [1.807, 2.05) is 13.8 Å². The van der Waals surface area contributed by atoms with E-state index in [-0.39, 0.29) is 11.9 Å². The Labute approximate surface area is 160 Å². The fourth-order valence-electron chi connectivity index (χ4n) is 3.20. The van der Waals surface area contributed by atoms with Crippen LogP contribution in [0.1, 0.15) is 41.7 Å². The van der Waals surface area contributed by atoms with Crippen molar-refractivity contribution in [3.05, 3.63) is 57.6 Å². The number of aryl methyl sites for hydroxylation is 1. The van der Waals surface area contributed by atoms with Crippen molar-refractivity contribution in [3.63, 3.8) is 0 Å². The van der Waals surface area contributed by atoms with E-state index in [0.29, 0.717) is 10.6 Å². The lowest BCUT2D eigenvalue weighted by atomic mass is 10.2. The van der Waals surface area contributed by atoms with Crippen LogP contribution in [0.15, 0.2) is 29.4 Å². The van der Waals surface area contributed by atoms with E-state index in [2.05, 4.69) is 20.4 Å². The first-order valence-electron chi connectivity index (χ1n) is 8.70. The van der Waals surface area contributed by atoms with Gasteiger partial charge in [-0.2, -0.15) is 20.0 Å². The molecule has 0 aliphatic carbocycles. The number of aromatic nitrogens is 5. The maximum absolute atomic E-state index is 13.2. The molecule has 140 valence electrons. The van der Waals surface area contributed by atoms with Crippen molar-refractivity contribution in [1.82, 2.24) is 24.7 Å². The second kappa shape index (κ2) is 7.16. The van der Waals surface area contributed by atoms with Gasteiger partial charge in [0.05, 0.1) is 23.3 Å². The number of H-pyrrole nitrogens is 1. The van der Waals surface area contributed by atoms with Gasteiger partial charge in [-0.1, -0.05) is 0 Å². The predicted molar refractivity (Wildman–Crippen MR) is 101 cm³/mol. The number of benzene rings is 1. The smallest absolute Gasteiger partial charge is 0.216 e. The van der Waals surface area contributed by atoms with E-state index in [9.17, 15) is 4.39 Å². The van der Waals surface area contributed by atoms with Crippen LogP contribution in [0.5, 0.6) is 0 Å². The molecule has 1 fully saturated rings.